The first-order valence-corrected chi connectivity index (χ1v) is 16.7. The van der Waals surface area contributed by atoms with E-state index < -0.39 is 12.2 Å². The van der Waals surface area contributed by atoms with Crippen molar-refractivity contribution in [2.45, 2.75) is 130 Å². The second kappa shape index (κ2) is 9.48. The van der Waals surface area contributed by atoms with Crippen LogP contribution in [-0.2, 0) is 14.2 Å². The van der Waals surface area contributed by atoms with E-state index in [1.165, 1.54) is 17.7 Å². The van der Waals surface area contributed by atoms with E-state index in [1.54, 1.807) is 14.1 Å². The third-order valence-electron chi connectivity index (χ3n) is 14.6. The Kier molecular flexibility index (Phi) is 6.88. The molecule has 42 heavy (non-hydrogen) atoms. The lowest BCUT2D eigenvalue weighted by atomic mass is 9.41. The highest BCUT2D eigenvalue weighted by Gasteiger charge is 2.84. The van der Waals surface area contributed by atoms with Crippen molar-refractivity contribution in [1.82, 2.24) is 4.90 Å². The molecule has 0 bridgehead atoms. The van der Waals surface area contributed by atoms with Gasteiger partial charge in [-0.1, -0.05) is 48.5 Å². The van der Waals surface area contributed by atoms with E-state index in [2.05, 4.69) is 48.5 Å². The number of hydrogen-bond donors (Lipinski definition) is 2. The van der Waals surface area contributed by atoms with E-state index in [4.69, 9.17) is 19.9 Å². The summed E-state index contributed by atoms with van der Waals surface area (Å²) in [7, 11) is 3.42. The van der Waals surface area contributed by atoms with Gasteiger partial charge in [0, 0.05) is 24.9 Å². The first-order chi connectivity index (χ1) is 19.5. The van der Waals surface area contributed by atoms with Gasteiger partial charge >= 0.3 is 12.2 Å². The Morgan fingerprint density at radius 2 is 1.64 bits per heavy atom. The van der Waals surface area contributed by atoms with Crippen molar-refractivity contribution in [1.29, 1.82) is 0 Å². The van der Waals surface area contributed by atoms with Crippen LogP contribution in [-0.4, -0.2) is 66.8 Å². The minimum atomic E-state index is -0.663. The first-order valence-electron chi connectivity index (χ1n) is 16.7. The molecule has 2 spiro atoms. The number of aliphatic hydroxyl groups is 1. The molecule has 0 aromatic heterocycles. The third kappa shape index (κ3) is 3.72. The van der Waals surface area contributed by atoms with E-state index in [1.807, 2.05) is 0 Å². The number of ether oxygens (including phenoxy) is 3. The lowest BCUT2D eigenvalue weighted by Gasteiger charge is -2.63. The van der Waals surface area contributed by atoms with Crippen LogP contribution < -0.4 is 5.73 Å². The Morgan fingerprint density at radius 1 is 1.00 bits per heavy atom. The van der Waals surface area contributed by atoms with Gasteiger partial charge in [0.05, 0.1) is 18.3 Å². The van der Waals surface area contributed by atoms with Gasteiger partial charge in [-0.3, -0.25) is 0 Å². The number of hydrogen-bond acceptors (Lipinski definition) is 6. The summed E-state index contributed by atoms with van der Waals surface area (Å²) in [6.07, 6.45) is 5.97. The number of carbonyl (C=O) groups is 2. The molecule has 2 amide bonds. The molecule has 13 unspecified atom stereocenters. The van der Waals surface area contributed by atoms with Crippen molar-refractivity contribution in [3.63, 3.8) is 0 Å². The smallest absolute Gasteiger partial charge is 0.409 e. The maximum Gasteiger partial charge on any atom is 0.409 e. The first kappa shape index (κ1) is 30.5. The van der Waals surface area contributed by atoms with Crippen molar-refractivity contribution in [2.24, 2.45) is 62.4 Å². The molecule has 1 aliphatic heterocycles. The molecule has 0 radical (unpaired) electrons. The predicted molar refractivity (Wildman–Crippen MR) is 159 cm³/mol. The fraction of sp³-hybridized carbons (Fsp3) is 0.941. The van der Waals surface area contributed by atoms with Gasteiger partial charge in [-0.15, -0.1) is 0 Å². The number of primary amides is 1. The summed E-state index contributed by atoms with van der Waals surface area (Å²) in [5.74, 6) is 1.66. The highest BCUT2D eigenvalue weighted by molar-refractivity contribution is 5.67. The molecular weight excluding hydrogens is 532 g/mol. The van der Waals surface area contributed by atoms with Gasteiger partial charge in [0.2, 0.25) is 0 Å². The molecule has 6 fully saturated rings. The minimum absolute atomic E-state index is 0.0244. The van der Waals surface area contributed by atoms with Crippen molar-refractivity contribution < 1.29 is 28.9 Å². The van der Waals surface area contributed by atoms with Crippen LogP contribution in [0.2, 0.25) is 0 Å². The van der Waals surface area contributed by atoms with Gasteiger partial charge in [0.15, 0.2) is 0 Å². The molecule has 1 heterocycles. The Labute approximate surface area is 252 Å². The molecule has 8 heteroatoms. The Morgan fingerprint density at radius 3 is 2.26 bits per heavy atom. The fourth-order valence-corrected chi connectivity index (χ4v) is 12.7. The van der Waals surface area contributed by atoms with E-state index in [0.29, 0.717) is 17.8 Å². The van der Waals surface area contributed by atoms with Crippen LogP contribution in [0.25, 0.3) is 0 Å². The summed E-state index contributed by atoms with van der Waals surface area (Å²) in [6.45, 7) is 15.9. The number of nitrogens with two attached hydrogens (primary N) is 1. The van der Waals surface area contributed by atoms with Gasteiger partial charge in [0.1, 0.15) is 12.2 Å². The van der Waals surface area contributed by atoms with Gasteiger partial charge < -0.3 is 30.0 Å². The lowest BCUT2D eigenvalue weighted by Crippen LogP contribution is -2.60. The maximum atomic E-state index is 12.6. The molecule has 6 rings (SSSR count). The summed E-state index contributed by atoms with van der Waals surface area (Å²) in [4.78, 5) is 25.8. The molecule has 0 aromatic rings. The average Bonchev–Trinajstić information content (AvgIpc) is 3.53. The SMILES string of the molecule is CC(C)C(OC(=O)N(C)C)C1CC(C)C2C(O1)C(O)C1(C)C3CCC4C(C)(C)C(OC(N)=O)CCC45CC35CCC21C. The zero-order valence-electron chi connectivity index (χ0n) is 27.4. The fourth-order valence-electron chi connectivity index (χ4n) is 12.7. The van der Waals surface area contributed by atoms with Crippen LogP contribution in [0.5, 0.6) is 0 Å². The lowest BCUT2D eigenvalue weighted by molar-refractivity contribution is -0.184. The predicted octanol–water partition coefficient (Wildman–Crippen LogP) is 5.99. The van der Waals surface area contributed by atoms with Crippen LogP contribution in [0.1, 0.15) is 99.8 Å². The standard InChI is InChI=1S/C34H56N2O6/c1-18(2)25(42-29(39)36(8)9)20-16-19(3)24-26(40-20)27(37)32(7)22-11-10-21-30(4,5)23(41-28(35)38)12-13-33(21)17-34(22,33)15-14-31(24,32)6/h18-27,37H,10-17H2,1-9H3,(H2,35,38). The van der Waals surface area contributed by atoms with Gasteiger partial charge in [0.25, 0.3) is 0 Å². The largest absolute Gasteiger partial charge is 0.446 e. The summed E-state index contributed by atoms with van der Waals surface area (Å²) < 4.78 is 18.6. The summed E-state index contributed by atoms with van der Waals surface area (Å²) in [5.41, 5.74) is 5.58. The molecule has 8 nitrogen and oxygen atoms in total. The number of nitrogens with zero attached hydrogens (tertiary/aromatic N) is 1. The molecule has 3 N–H and O–H groups in total. The second-order valence-corrected chi connectivity index (χ2v) is 17.0. The van der Waals surface area contributed by atoms with Crippen LogP contribution in [0.15, 0.2) is 0 Å². The molecule has 6 aliphatic rings. The van der Waals surface area contributed by atoms with Crippen molar-refractivity contribution in [3.8, 4) is 0 Å². The van der Waals surface area contributed by atoms with Crippen LogP contribution in [0.4, 0.5) is 9.59 Å². The highest BCUT2D eigenvalue weighted by atomic mass is 16.6. The van der Waals surface area contributed by atoms with E-state index in [9.17, 15) is 14.7 Å². The zero-order valence-corrected chi connectivity index (χ0v) is 27.4. The number of carbonyl (C=O) groups excluding carboxylic acids is 2. The number of fused-ring (bicyclic) bond motifs is 4. The summed E-state index contributed by atoms with van der Waals surface area (Å²) in [6, 6.07) is 0. The maximum absolute atomic E-state index is 12.6. The van der Waals surface area contributed by atoms with Crippen molar-refractivity contribution in [2.75, 3.05) is 14.1 Å². The van der Waals surface area contributed by atoms with Gasteiger partial charge in [-0.2, -0.15) is 0 Å². The molecule has 0 aromatic carbocycles. The molecular formula is C34H56N2O6. The van der Waals surface area contributed by atoms with Crippen molar-refractivity contribution >= 4 is 12.2 Å². The normalized spacial score (nSPS) is 50.7. The topological polar surface area (TPSA) is 111 Å². The van der Waals surface area contributed by atoms with E-state index >= 15 is 0 Å². The summed E-state index contributed by atoms with van der Waals surface area (Å²) in [5, 5.41) is 12.5. The molecule has 5 aliphatic carbocycles. The third-order valence-corrected chi connectivity index (χ3v) is 14.6. The number of amides is 2. The van der Waals surface area contributed by atoms with Crippen LogP contribution >= 0.6 is 0 Å². The zero-order chi connectivity index (χ0) is 30.8. The van der Waals surface area contributed by atoms with Crippen molar-refractivity contribution in [3.05, 3.63) is 0 Å². The molecule has 5 saturated carbocycles. The van der Waals surface area contributed by atoms with Crippen LogP contribution in [0.3, 0.4) is 0 Å². The monoisotopic (exact) mass is 588 g/mol. The highest BCUT2D eigenvalue weighted by Crippen LogP contribution is 2.89. The Bertz CT molecular complexity index is 1130. The minimum Gasteiger partial charge on any atom is -0.446 e. The average molecular weight is 589 g/mol. The van der Waals surface area contributed by atoms with Gasteiger partial charge in [-0.05, 0) is 97.2 Å². The quantitative estimate of drug-likeness (QED) is 0.418. The summed E-state index contributed by atoms with van der Waals surface area (Å²) >= 11 is 0. The number of rotatable bonds is 4. The van der Waals surface area contributed by atoms with Crippen LogP contribution in [0, 0.1) is 56.7 Å². The second-order valence-electron chi connectivity index (χ2n) is 17.0. The molecule has 13 atom stereocenters. The van der Waals surface area contributed by atoms with Gasteiger partial charge in [-0.25, -0.2) is 9.59 Å². The van der Waals surface area contributed by atoms with E-state index in [0.717, 1.165) is 38.5 Å². The molecule has 238 valence electrons. The molecule has 1 saturated heterocycles. The Balaban J connectivity index is 1.30. The number of aliphatic hydroxyl groups excluding tert-OH is 1. The Hall–Kier alpha value is -1.54. The van der Waals surface area contributed by atoms with E-state index in [-0.39, 0.29) is 69.4 Å².